The molecule has 1 aromatic rings. The zero-order chi connectivity index (χ0) is 19.3. The van der Waals surface area contributed by atoms with Crippen LogP contribution in [0.1, 0.15) is 19.4 Å². The summed E-state index contributed by atoms with van der Waals surface area (Å²) < 4.78 is 43.2. The lowest BCUT2D eigenvalue weighted by molar-refractivity contribution is -0.137. The van der Waals surface area contributed by atoms with Crippen molar-refractivity contribution in [1.29, 1.82) is 0 Å². The number of halogens is 3. The quantitative estimate of drug-likeness (QED) is 0.882. The summed E-state index contributed by atoms with van der Waals surface area (Å²) in [5.74, 6) is -0.395. The molecule has 1 aromatic carbocycles. The van der Waals surface area contributed by atoms with Gasteiger partial charge in [-0.15, -0.1) is 0 Å². The number of amides is 2. The molecule has 1 atom stereocenters. The fourth-order valence-electron chi connectivity index (χ4n) is 2.69. The van der Waals surface area contributed by atoms with Gasteiger partial charge in [0.15, 0.2) is 0 Å². The molecule has 6 nitrogen and oxygen atoms in total. The van der Waals surface area contributed by atoms with E-state index in [1.807, 2.05) is 4.90 Å². The molecular formula is C17H22F3N3O3. The van der Waals surface area contributed by atoms with Crippen LogP contribution >= 0.6 is 0 Å². The fourth-order valence-corrected chi connectivity index (χ4v) is 2.69. The summed E-state index contributed by atoms with van der Waals surface area (Å²) in [4.78, 5) is 27.5. The van der Waals surface area contributed by atoms with Gasteiger partial charge in [0, 0.05) is 31.9 Å². The highest BCUT2D eigenvalue weighted by molar-refractivity contribution is 5.94. The van der Waals surface area contributed by atoms with Gasteiger partial charge in [-0.3, -0.25) is 9.69 Å². The monoisotopic (exact) mass is 373 g/mol. The molecule has 0 unspecified atom stereocenters. The predicted molar refractivity (Wildman–Crippen MR) is 89.7 cm³/mol. The Morgan fingerprint density at radius 1 is 1.23 bits per heavy atom. The molecule has 0 aliphatic carbocycles. The Labute approximate surface area is 149 Å². The summed E-state index contributed by atoms with van der Waals surface area (Å²) in [6.45, 7) is 5.54. The zero-order valence-corrected chi connectivity index (χ0v) is 14.7. The van der Waals surface area contributed by atoms with Gasteiger partial charge in [-0.05, 0) is 32.0 Å². The molecule has 9 heteroatoms. The van der Waals surface area contributed by atoms with Crippen molar-refractivity contribution in [3.63, 3.8) is 0 Å². The van der Waals surface area contributed by atoms with Crippen LogP contribution in [0.4, 0.5) is 23.7 Å². The standard InChI is InChI=1S/C17H22F3N3O3/c1-3-26-16(25)23-9-7-22(8-10-23)12(2)15(24)21-14-6-4-5-13(11-14)17(18,19)20/h4-6,11-12H,3,7-10H2,1-2H3,(H,21,24)/t12-/m0/s1. The lowest BCUT2D eigenvalue weighted by Gasteiger charge is -2.36. The van der Waals surface area contributed by atoms with Crippen LogP contribution < -0.4 is 5.32 Å². The maximum absolute atomic E-state index is 12.7. The third kappa shape index (κ3) is 5.10. The highest BCUT2D eigenvalue weighted by Gasteiger charge is 2.31. The van der Waals surface area contributed by atoms with Crippen molar-refractivity contribution in [2.24, 2.45) is 0 Å². The van der Waals surface area contributed by atoms with Gasteiger partial charge in [0.05, 0.1) is 18.2 Å². The fraction of sp³-hybridized carbons (Fsp3) is 0.529. The van der Waals surface area contributed by atoms with E-state index in [1.54, 1.807) is 18.7 Å². The second kappa shape index (κ2) is 8.39. The van der Waals surface area contributed by atoms with E-state index in [-0.39, 0.29) is 11.8 Å². The van der Waals surface area contributed by atoms with Crippen molar-refractivity contribution < 1.29 is 27.5 Å². The van der Waals surface area contributed by atoms with Crippen LogP contribution in [-0.4, -0.2) is 60.6 Å². The first-order valence-electron chi connectivity index (χ1n) is 8.36. The smallest absolute Gasteiger partial charge is 0.416 e. The summed E-state index contributed by atoms with van der Waals surface area (Å²) in [5.41, 5.74) is -0.715. The normalized spacial score (nSPS) is 16.9. The van der Waals surface area contributed by atoms with Crippen molar-refractivity contribution in [3.05, 3.63) is 29.8 Å². The molecular weight excluding hydrogens is 351 g/mol. The second-order valence-corrected chi connectivity index (χ2v) is 5.97. The highest BCUT2D eigenvalue weighted by Crippen LogP contribution is 2.30. The minimum atomic E-state index is -4.46. The van der Waals surface area contributed by atoms with E-state index >= 15 is 0 Å². The lowest BCUT2D eigenvalue weighted by atomic mass is 10.1. The van der Waals surface area contributed by atoms with Gasteiger partial charge in [-0.2, -0.15) is 13.2 Å². The maximum Gasteiger partial charge on any atom is 0.416 e. The topological polar surface area (TPSA) is 61.9 Å². The summed E-state index contributed by atoms with van der Waals surface area (Å²) in [6.07, 6.45) is -4.84. The predicted octanol–water partition coefficient (Wildman–Crippen LogP) is 2.81. The van der Waals surface area contributed by atoms with Crippen LogP contribution in [0, 0.1) is 0 Å². The molecule has 1 aliphatic heterocycles. The SMILES string of the molecule is CCOC(=O)N1CCN([C@@H](C)C(=O)Nc2cccc(C(F)(F)F)c2)CC1. The third-order valence-electron chi connectivity index (χ3n) is 4.22. The van der Waals surface area contributed by atoms with Gasteiger partial charge in [0.25, 0.3) is 0 Å². The number of nitrogens with zero attached hydrogens (tertiary/aromatic N) is 2. The number of benzene rings is 1. The number of carbonyl (C=O) groups excluding carboxylic acids is 2. The molecule has 1 N–H and O–H groups in total. The van der Waals surface area contributed by atoms with Crippen LogP contribution in [0.15, 0.2) is 24.3 Å². The molecule has 0 saturated carbocycles. The first kappa shape index (κ1) is 20.0. The average Bonchev–Trinajstić information content (AvgIpc) is 2.61. The zero-order valence-electron chi connectivity index (χ0n) is 14.7. The molecule has 0 bridgehead atoms. The largest absolute Gasteiger partial charge is 0.450 e. The van der Waals surface area contributed by atoms with Gasteiger partial charge >= 0.3 is 12.3 Å². The second-order valence-electron chi connectivity index (χ2n) is 5.97. The summed E-state index contributed by atoms with van der Waals surface area (Å²) in [7, 11) is 0. The Kier molecular flexibility index (Phi) is 6.47. The molecule has 144 valence electrons. The van der Waals surface area contributed by atoms with E-state index in [2.05, 4.69) is 5.32 Å². The van der Waals surface area contributed by atoms with Crippen molar-refractivity contribution in [2.45, 2.75) is 26.1 Å². The number of piperazine rings is 1. The van der Waals surface area contributed by atoms with E-state index in [0.717, 1.165) is 12.1 Å². The Balaban J connectivity index is 1.91. The average molecular weight is 373 g/mol. The summed E-state index contributed by atoms with van der Waals surface area (Å²) in [6, 6.07) is 3.99. The Morgan fingerprint density at radius 3 is 2.46 bits per heavy atom. The molecule has 1 fully saturated rings. The van der Waals surface area contributed by atoms with Gasteiger partial charge < -0.3 is 15.0 Å². The summed E-state index contributed by atoms with van der Waals surface area (Å²) >= 11 is 0. The molecule has 0 aromatic heterocycles. The van der Waals surface area contributed by atoms with E-state index in [0.29, 0.717) is 32.8 Å². The summed E-state index contributed by atoms with van der Waals surface area (Å²) in [5, 5.41) is 2.52. The highest BCUT2D eigenvalue weighted by atomic mass is 19.4. The molecule has 1 aliphatic rings. The van der Waals surface area contributed by atoms with E-state index in [4.69, 9.17) is 4.74 Å². The molecule has 0 radical (unpaired) electrons. The number of hydrogen-bond donors (Lipinski definition) is 1. The molecule has 0 spiro atoms. The molecule has 2 rings (SSSR count). The maximum atomic E-state index is 12.7. The lowest BCUT2D eigenvalue weighted by Crippen LogP contribution is -2.54. The molecule has 2 amide bonds. The number of ether oxygens (including phenoxy) is 1. The van der Waals surface area contributed by atoms with Crippen molar-refractivity contribution >= 4 is 17.7 Å². The van der Waals surface area contributed by atoms with Crippen LogP contribution in [0.2, 0.25) is 0 Å². The number of rotatable bonds is 4. The van der Waals surface area contributed by atoms with E-state index in [1.165, 1.54) is 12.1 Å². The Bertz CT molecular complexity index is 644. The first-order chi connectivity index (χ1) is 12.2. The van der Waals surface area contributed by atoms with Crippen molar-refractivity contribution in [2.75, 3.05) is 38.1 Å². The Hall–Kier alpha value is -2.29. The van der Waals surface area contributed by atoms with E-state index < -0.39 is 23.7 Å². The van der Waals surface area contributed by atoms with Crippen molar-refractivity contribution in [3.8, 4) is 0 Å². The Morgan fingerprint density at radius 2 is 1.88 bits per heavy atom. The molecule has 26 heavy (non-hydrogen) atoms. The van der Waals surface area contributed by atoms with Gasteiger partial charge in [0.2, 0.25) is 5.91 Å². The van der Waals surface area contributed by atoms with Gasteiger partial charge in [0.1, 0.15) is 0 Å². The number of nitrogens with one attached hydrogen (secondary N) is 1. The van der Waals surface area contributed by atoms with Crippen LogP contribution in [-0.2, 0) is 15.7 Å². The minimum Gasteiger partial charge on any atom is -0.450 e. The van der Waals surface area contributed by atoms with Crippen LogP contribution in [0.25, 0.3) is 0 Å². The van der Waals surface area contributed by atoms with E-state index in [9.17, 15) is 22.8 Å². The van der Waals surface area contributed by atoms with Gasteiger partial charge in [-0.1, -0.05) is 6.07 Å². The number of hydrogen-bond acceptors (Lipinski definition) is 4. The minimum absolute atomic E-state index is 0.0989. The third-order valence-corrected chi connectivity index (χ3v) is 4.22. The van der Waals surface area contributed by atoms with Crippen LogP contribution in [0.3, 0.4) is 0 Å². The number of carbonyl (C=O) groups is 2. The number of anilines is 1. The first-order valence-corrected chi connectivity index (χ1v) is 8.36. The van der Waals surface area contributed by atoms with Crippen molar-refractivity contribution in [1.82, 2.24) is 9.80 Å². The molecule has 1 heterocycles. The van der Waals surface area contributed by atoms with Gasteiger partial charge in [-0.25, -0.2) is 4.79 Å². The number of alkyl halides is 3. The molecule has 1 saturated heterocycles. The van der Waals surface area contributed by atoms with Crippen LogP contribution in [0.5, 0.6) is 0 Å².